The number of Topliss-reactive ketones (excluding diaryl/α,β-unsaturated/α-hetero) is 1. The molecular formula is C29H28Cl2N2O5. The number of carboxylic acids is 1. The van der Waals surface area contributed by atoms with E-state index in [1.807, 2.05) is 54.6 Å². The van der Waals surface area contributed by atoms with Gasteiger partial charge in [0.2, 0.25) is 0 Å². The fourth-order valence-electron chi connectivity index (χ4n) is 4.54. The maximum absolute atomic E-state index is 13.0. The number of amides is 2. The fraction of sp³-hybridized carbons (Fsp3) is 0.276. The molecule has 0 radical (unpaired) electrons. The zero-order valence-electron chi connectivity index (χ0n) is 20.6. The molecule has 0 aromatic heterocycles. The maximum atomic E-state index is 13.0. The van der Waals surface area contributed by atoms with Gasteiger partial charge < -0.3 is 20.5 Å². The molecule has 0 unspecified atom stereocenters. The average molecular weight is 555 g/mol. The third-order valence-corrected chi connectivity index (χ3v) is 7.09. The minimum absolute atomic E-state index is 0.0541. The Hall–Kier alpha value is -3.39. The Balaban J connectivity index is 1.31. The van der Waals surface area contributed by atoms with E-state index in [1.165, 1.54) is 5.56 Å². The molecule has 0 heterocycles. The highest BCUT2D eigenvalue weighted by Gasteiger charge is 2.27. The Labute approximate surface area is 231 Å². The first kappa shape index (κ1) is 27.6. The van der Waals surface area contributed by atoms with Crippen LogP contribution in [-0.2, 0) is 29.2 Å². The molecule has 4 rings (SSSR count). The van der Waals surface area contributed by atoms with E-state index < -0.39 is 23.7 Å². The second kappa shape index (κ2) is 12.9. The third kappa shape index (κ3) is 7.13. The number of carboxylic acid groups (broad SMARTS) is 1. The molecule has 2 atom stereocenters. The number of halogens is 2. The van der Waals surface area contributed by atoms with Crippen LogP contribution in [0.5, 0.6) is 0 Å². The van der Waals surface area contributed by atoms with E-state index in [1.54, 1.807) is 12.1 Å². The largest absolute Gasteiger partial charge is 0.481 e. The molecule has 3 aromatic rings. The number of urea groups is 1. The minimum atomic E-state index is -1.21. The summed E-state index contributed by atoms with van der Waals surface area (Å²) in [5, 5.41) is 15.4. The van der Waals surface area contributed by atoms with E-state index >= 15 is 0 Å². The number of carbonyl (C=O) groups is 3. The van der Waals surface area contributed by atoms with Crippen molar-refractivity contribution < 1.29 is 24.2 Å². The van der Waals surface area contributed by atoms with Gasteiger partial charge in [0.15, 0.2) is 5.78 Å². The lowest BCUT2D eigenvalue weighted by Gasteiger charge is -2.17. The van der Waals surface area contributed by atoms with Crippen LogP contribution < -0.4 is 10.6 Å². The smallest absolute Gasteiger partial charge is 0.315 e. The van der Waals surface area contributed by atoms with Gasteiger partial charge in [0.05, 0.1) is 40.8 Å². The van der Waals surface area contributed by atoms with Gasteiger partial charge in [0.1, 0.15) is 0 Å². The summed E-state index contributed by atoms with van der Waals surface area (Å²) in [5.74, 6) is -2.87. The van der Waals surface area contributed by atoms with Crippen molar-refractivity contribution in [1.82, 2.24) is 10.6 Å². The fourth-order valence-corrected chi connectivity index (χ4v) is 5.28. The summed E-state index contributed by atoms with van der Waals surface area (Å²) >= 11 is 12.7. The van der Waals surface area contributed by atoms with E-state index in [0.29, 0.717) is 12.2 Å². The third-order valence-electron chi connectivity index (χ3n) is 6.49. The number of ether oxygens (including phenoxy) is 1. The summed E-state index contributed by atoms with van der Waals surface area (Å²) in [7, 11) is 0. The molecule has 0 spiro atoms. The monoisotopic (exact) mass is 554 g/mol. The van der Waals surface area contributed by atoms with Crippen LogP contribution >= 0.6 is 23.2 Å². The number of carbonyl (C=O) groups excluding carboxylic acids is 2. The van der Waals surface area contributed by atoms with E-state index in [4.69, 9.17) is 27.9 Å². The van der Waals surface area contributed by atoms with Crippen LogP contribution in [0.1, 0.15) is 51.5 Å². The highest BCUT2D eigenvalue weighted by molar-refractivity contribution is 6.40. The van der Waals surface area contributed by atoms with Gasteiger partial charge in [-0.05, 0) is 47.2 Å². The molecule has 3 N–H and O–H groups in total. The summed E-state index contributed by atoms with van der Waals surface area (Å²) in [6.45, 7) is 0.428. The summed E-state index contributed by atoms with van der Waals surface area (Å²) in [6.07, 6.45) is 1.27. The highest BCUT2D eigenvalue weighted by atomic mass is 35.5. The van der Waals surface area contributed by atoms with Crippen LogP contribution in [0.25, 0.3) is 0 Å². The zero-order valence-corrected chi connectivity index (χ0v) is 22.1. The summed E-state index contributed by atoms with van der Waals surface area (Å²) in [5.41, 5.74) is 4.01. The molecular weight excluding hydrogens is 527 g/mol. The second-order valence-electron chi connectivity index (χ2n) is 9.22. The number of rotatable bonds is 11. The predicted molar refractivity (Wildman–Crippen MR) is 146 cm³/mol. The van der Waals surface area contributed by atoms with Crippen molar-refractivity contribution in [3.63, 3.8) is 0 Å². The van der Waals surface area contributed by atoms with Gasteiger partial charge in [0, 0.05) is 13.0 Å². The molecule has 0 fully saturated rings. The van der Waals surface area contributed by atoms with E-state index in [-0.39, 0.29) is 41.2 Å². The van der Waals surface area contributed by atoms with Gasteiger partial charge in [-0.25, -0.2) is 4.79 Å². The molecule has 0 saturated carbocycles. The van der Waals surface area contributed by atoms with E-state index in [0.717, 1.165) is 24.0 Å². The van der Waals surface area contributed by atoms with Crippen molar-refractivity contribution in [2.45, 2.75) is 38.5 Å². The number of hydrogen-bond acceptors (Lipinski definition) is 4. The van der Waals surface area contributed by atoms with Crippen molar-refractivity contribution >= 4 is 41.0 Å². The molecule has 2 amide bonds. The van der Waals surface area contributed by atoms with Crippen LogP contribution in [0.4, 0.5) is 4.79 Å². The van der Waals surface area contributed by atoms with Crippen LogP contribution in [-0.4, -0.2) is 29.4 Å². The van der Waals surface area contributed by atoms with E-state index in [9.17, 15) is 19.5 Å². The number of ketones is 1. The number of hydrogen-bond donors (Lipinski definition) is 3. The van der Waals surface area contributed by atoms with Crippen molar-refractivity contribution in [2.75, 3.05) is 6.54 Å². The average Bonchev–Trinajstić information content (AvgIpc) is 3.29. The van der Waals surface area contributed by atoms with Gasteiger partial charge in [0.25, 0.3) is 0 Å². The molecule has 0 bridgehead atoms. The second-order valence-corrected chi connectivity index (χ2v) is 10.0. The number of aryl methyl sites for hydroxylation is 1. The van der Waals surface area contributed by atoms with Crippen LogP contribution in [0.2, 0.25) is 10.0 Å². The SMILES string of the molecule is O=C(NC[C@H](CC(=O)c1c(Cl)cc(COCc2ccccc2)cc1Cl)C(=O)O)N[C@@H]1CCc2ccccc21. The van der Waals surface area contributed by atoms with Crippen LogP contribution in [0.3, 0.4) is 0 Å². The Morgan fingerprint density at radius 3 is 2.32 bits per heavy atom. The number of nitrogens with one attached hydrogen (secondary N) is 2. The Kier molecular flexibility index (Phi) is 9.39. The number of benzene rings is 3. The van der Waals surface area contributed by atoms with Gasteiger partial charge in [-0.2, -0.15) is 0 Å². The first-order valence-electron chi connectivity index (χ1n) is 12.3. The highest BCUT2D eigenvalue weighted by Crippen LogP contribution is 2.31. The molecule has 198 valence electrons. The standard InChI is InChI=1S/C29H28Cl2N2O5/c30-23-12-19(17-38-16-18-6-2-1-3-7-18)13-24(31)27(23)26(34)14-21(28(35)36)15-32-29(37)33-25-11-10-20-8-4-5-9-22(20)25/h1-9,12-13,21,25H,10-11,14-17H2,(H,35,36)(H2,32,33,37)/t21-,25+/m0/s1. The molecule has 0 saturated heterocycles. The number of aliphatic carboxylic acids is 1. The molecule has 1 aliphatic carbocycles. The van der Waals surface area contributed by atoms with Crippen LogP contribution in [0, 0.1) is 5.92 Å². The lowest BCUT2D eigenvalue weighted by molar-refractivity contribution is -0.141. The predicted octanol–water partition coefficient (Wildman–Crippen LogP) is 5.97. The Morgan fingerprint density at radius 1 is 0.947 bits per heavy atom. The van der Waals surface area contributed by atoms with Crippen molar-refractivity contribution in [3.8, 4) is 0 Å². The van der Waals surface area contributed by atoms with Crippen molar-refractivity contribution in [2.24, 2.45) is 5.92 Å². The maximum Gasteiger partial charge on any atom is 0.315 e. The van der Waals surface area contributed by atoms with Gasteiger partial charge in [-0.15, -0.1) is 0 Å². The summed E-state index contributed by atoms with van der Waals surface area (Å²) < 4.78 is 5.71. The molecule has 38 heavy (non-hydrogen) atoms. The zero-order chi connectivity index (χ0) is 27.1. The summed E-state index contributed by atoms with van der Waals surface area (Å²) in [4.78, 5) is 37.3. The molecule has 3 aromatic carbocycles. The van der Waals surface area contributed by atoms with E-state index in [2.05, 4.69) is 10.6 Å². The van der Waals surface area contributed by atoms with Crippen molar-refractivity contribution in [3.05, 3.63) is 105 Å². The Bertz CT molecular complexity index is 1290. The molecule has 9 heteroatoms. The van der Waals surface area contributed by atoms with Gasteiger partial charge >= 0.3 is 12.0 Å². The van der Waals surface area contributed by atoms with Crippen LogP contribution in [0.15, 0.2) is 66.7 Å². The number of fused-ring (bicyclic) bond motifs is 1. The molecule has 1 aliphatic rings. The lowest BCUT2D eigenvalue weighted by Crippen LogP contribution is -2.41. The Morgan fingerprint density at radius 2 is 1.61 bits per heavy atom. The molecule has 7 nitrogen and oxygen atoms in total. The molecule has 0 aliphatic heterocycles. The van der Waals surface area contributed by atoms with Gasteiger partial charge in [-0.3, -0.25) is 9.59 Å². The van der Waals surface area contributed by atoms with Crippen molar-refractivity contribution in [1.29, 1.82) is 0 Å². The quantitative estimate of drug-likeness (QED) is 0.253. The lowest BCUT2D eigenvalue weighted by atomic mass is 9.97. The topological polar surface area (TPSA) is 105 Å². The van der Waals surface area contributed by atoms with Gasteiger partial charge in [-0.1, -0.05) is 77.8 Å². The minimum Gasteiger partial charge on any atom is -0.481 e. The first-order valence-corrected chi connectivity index (χ1v) is 13.0. The summed E-state index contributed by atoms with van der Waals surface area (Å²) in [6, 6.07) is 20.1. The first-order chi connectivity index (χ1) is 18.3. The normalized spacial score (nSPS) is 14.9.